The van der Waals surface area contributed by atoms with Crippen molar-refractivity contribution in [3.63, 3.8) is 0 Å². The molecule has 0 N–H and O–H groups in total. The van der Waals surface area contributed by atoms with Crippen molar-refractivity contribution in [2.45, 2.75) is 11.0 Å². The van der Waals surface area contributed by atoms with E-state index in [9.17, 15) is 4.79 Å². The summed E-state index contributed by atoms with van der Waals surface area (Å²) in [5.74, 6) is 1.05. The molecule has 0 saturated heterocycles. The molecule has 0 aliphatic heterocycles. The minimum absolute atomic E-state index is 0.308. The van der Waals surface area contributed by atoms with E-state index in [1.807, 2.05) is 78.9 Å². The molecule has 3 aromatic rings. The van der Waals surface area contributed by atoms with E-state index < -0.39 is 0 Å². The Morgan fingerprint density at radius 3 is 2.04 bits per heavy atom. The van der Waals surface area contributed by atoms with Crippen LogP contribution < -0.4 is 4.74 Å². The minimum Gasteiger partial charge on any atom is -0.490 e. The van der Waals surface area contributed by atoms with Gasteiger partial charge in [0.25, 0.3) is 0 Å². The van der Waals surface area contributed by atoms with Crippen molar-refractivity contribution < 1.29 is 14.3 Å². The van der Waals surface area contributed by atoms with Gasteiger partial charge in [-0.05, 0) is 36.4 Å². The lowest BCUT2D eigenvalue weighted by Gasteiger charge is -2.18. The number of para-hydroxylation sites is 1. The molecule has 0 heterocycles. The predicted molar refractivity (Wildman–Crippen MR) is 105 cm³/mol. The molecule has 0 amide bonds. The topological polar surface area (TPSA) is 35.5 Å². The number of benzene rings is 3. The Morgan fingerprint density at radius 1 is 0.808 bits per heavy atom. The molecule has 0 saturated carbocycles. The number of hydrogen-bond acceptors (Lipinski definition) is 4. The predicted octanol–water partition coefficient (Wildman–Crippen LogP) is 5.08. The first-order valence-corrected chi connectivity index (χ1v) is 9.41. The molecule has 3 nitrogen and oxygen atoms in total. The summed E-state index contributed by atoms with van der Waals surface area (Å²) >= 11 is 1.64. The summed E-state index contributed by atoms with van der Waals surface area (Å²) in [6.07, 6.45) is -0.354. The largest absolute Gasteiger partial charge is 0.490 e. The smallest absolute Gasteiger partial charge is 0.338 e. The second-order valence-corrected chi connectivity index (χ2v) is 6.73. The fourth-order valence-corrected chi connectivity index (χ4v) is 3.21. The number of ether oxygens (including phenoxy) is 2. The maximum absolute atomic E-state index is 12.4. The molecule has 4 heteroatoms. The molecule has 3 rings (SSSR count). The standard InChI is InChI=1S/C22H20O3S/c23-22(18-10-4-1-5-11-18)25-20(16-24-19-12-6-2-7-13-19)17-26-21-14-8-3-9-15-21/h1-15,20H,16-17H2. The molecule has 1 unspecified atom stereocenters. The van der Waals surface area contributed by atoms with E-state index in [4.69, 9.17) is 9.47 Å². The lowest BCUT2D eigenvalue weighted by molar-refractivity contribution is 0.0241. The first kappa shape index (κ1) is 18.1. The summed E-state index contributed by atoms with van der Waals surface area (Å²) in [6, 6.07) is 28.6. The SMILES string of the molecule is O=C(OC(COc1ccccc1)CSc1ccccc1)c1ccccc1. The van der Waals surface area contributed by atoms with Crippen LogP contribution in [0.3, 0.4) is 0 Å². The fraction of sp³-hybridized carbons (Fsp3) is 0.136. The number of esters is 1. The number of carbonyl (C=O) groups excluding carboxylic acids is 1. The number of rotatable bonds is 8. The number of hydrogen-bond donors (Lipinski definition) is 0. The van der Waals surface area contributed by atoms with Gasteiger partial charge in [-0.15, -0.1) is 11.8 Å². The molecule has 3 aromatic carbocycles. The second-order valence-electron chi connectivity index (χ2n) is 5.64. The van der Waals surface area contributed by atoms with Crippen molar-refractivity contribution in [2.24, 2.45) is 0 Å². The van der Waals surface area contributed by atoms with Crippen LogP contribution in [-0.2, 0) is 4.74 Å². The molecule has 0 aromatic heterocycles. The number of carbonyl (C=O) groups is 1. The summed E-state index contributed by atoms with van der Waals surface area (Å²) in [5.41, 5.74) is 0.543. The van der Waals surface area contributed by atoms with Crippen LogP contribution in [0.1, 0.15) is 10.4 Å². The zero-order valence-corrected chi connectivity index (χ0v) is 15.1. The molecule has 0 bridgehead atoms. The highest BCUT2D eigenvalue weighted by molar-refractivity contribution is 7.99. The highest BCUT2D eigenvalue weighted by Crippen LogP contribution is 2.20. The van der Waals surface area contributed by atoms with Gasteiger partial charge in [0.2, 0.25) is 0 Å². The lowest BCUT2D eigenvalue weighted by atomic mass is 10.2. The van der Waals surface area contributed by atoms with Gasteiger partial charge in [-0.1, -0.05) is 54.6 Å². The van der Waals surface area contributed by atoms with Crippen molar-refractivity contribution in [3.8, 4) is 5.75 Å². The Hall–Kier alpha value is -2.72. The maximum Gasteiger partial charge on any atom is 0.338 e. The quantitative estimate of drug-likeness (QED) is 0.412. The fourth-order valence-electron chi connectivity index (χ4n) is 2.32. The zero-order chi connectivity index (χ0) is 18.0. The van der Waals surface area contributed by atoms with Crippen molar-refractivity contribution in [1.29, 1.82) is 0 Å². The summed E-state index contributed by atoms with van der Waals surface area (Å²) in [5, 5.41) is 0. The number of thioether (sulfide) groups is 1. The van der Waals surface area contributed by atoms with E-state index in [1.165, 1.54) is 0 Å². The van der Waals surface area contributed by atoms with Crippen molar-refractivity contribution >= 4 is 17.7 Å². The zero-order valence-electron chi connectivity index (χ0n) is 14.3. The van der Waals surface area contributed by atoms with E-state index >= 15 is 0 Å². The Labute approximate surface area is 158 Å². The Morgan fingerprint density at radius 2 is 1.38 bits per heavy atom. The van der Waals surface area contributed by atoms with Gasteiger partial charge in [0.15, 0.2) is 0 Å². The van der Waals surface area contributed by atoms with E-state index in [0.29, 0.717) is 17.9 Å². The van der Waals surface area contributed by atoms with Gasteiger partial charge in [0.05, 0.1) is 5.56 Å². The molecular formula is C22H20O3S. The van der Waals surface area contributed by atoms with Crippen LogP contribution in [0.4, 0.5) is 0 Å². The van der Waals surface area contributed by atoms with Gasteiger partial charge in [-0.25, -0.2) is 4.79 Å². The van der Waals surface area contributed by atoms with Gasteiger partial charge in [-0.2, -0.15) is 0 Å². The molecule has 132 valence electrons. The molecule has 0 radical (unpaired) electrons. The van der Waals surface area contributed by atoms with Gasteiger partial charge >= 0.3 is 5.97 Å². The highest BCUT2D eigenvalue weighted by Gasteiger charge is 2.17. The van der Waals surface area contributed by atoms with Gasteiger partial charge in [0.1, 0.15) is 18.5 Å². The summed E-state index contributed by atoms with van der Waals surface area (Å²) in [6.45, 7) is 0.308. The molecule has 0 aliphatic carbocycles. The van der Waals surface area contributed by atoms with Crippen LogP contribution in [0.5, 0.6) is 5.75 Å². The maximum atomic E-state index is 12.4. The summed E-state index contributed by atoms with van der Waals surface area (Å²) in [7, 11) is 0. The molecule has 0 aliphatic rings. The van der Waals surface area contributed by atoms with Crippen LogP contribution >= 0.6 is 11.8 Å². The first-order chi connectivity index (χ1) is 12.8. The first-order valence-electron chi connectivity index (χ1n) is 8.43. The normalized spacial score (nSPS) is 11.5. The molecular weight excluding hydrogens is 344 g/mol. The van der Waals surface area contributed by atoms with Crippen LogP contribution in [0.15, 0.2) is 95.9 Å². The van der Waals surface area contributed by atoms with Crippen LogP contribution in [0, 0.1) is 0 Å². The molecule has 0 fully saturated rings. The van der Waals surface area contributed by atoms with E-state index in [1.54, 1.807) is 23.9 Å². The van der Waals surface area contributed by atoms with Crippen molar-refractivity contribution in [1.82, 2.24) is 0 Å². The van der Waals surface area contributed by atoms with Crippen molar-refractivity contribution in [3.05, 3.63) is 96.6 Å². The van der Waals surface area contributed by atoms with Crippen LogP contribution in [0.25, 0.3) is 0 Å². The van der Waals surface area contributed by atoms with E-state index in [-0.39, 0.29) is 12.1 Å². The third-order valence-electron chi connectivity index (χ3n) is 3.64. The minimum atomic E-state index is -0.354. The average Bonchev–Trinajstić information content (AvgIpc) is 2.72. The Balaban J connectivity index is 1.63. The van der Waals surface area contributed by atoms with E-state index in [0.717, 1.165) is 10.6 Å². The molecule has 0 spiro atoms. The second kappa shape index (κ2) is 9.68. The molecule has 1 atom stereocenters. The lowest BCUT2D eigenvalue weighted by Crippen LogP contribution is -2.27. The summed E-state index contributed by atoms with van der Waals surface area (Å²) < 4.78 is 11.5. The van der Waals surface area contributed by atoms with E-state index in [2.05, 4.69) is 0 Å². The Kier molecular flexibility index (Phi) is 6.73. The molecule has 26 heavy (non-hydrogen) atoms. The Bertz CT molecular complexity index is 748. The third-order valence-corrected chi connectivity index (χ3v) is 4.79. The van der Waals surface area contributed by atoms with Crippen molar-refractivity contribution in [2.75, 3.05) is 12.4 Å². The van der Waals surface area contributed by atoms with Gasteiger partial charge < -0.3 is 9.47 Å². The monoisotopic (exact) mass is 364 g/mol. The third kappa shape index (κ3) is 5.67. The van der Waals surface area contributed by atoms with Gasteiger partial charge in [-0.3, -0.25) is 0 Å². The van der Waals surface area contributed by atoms with Gasteiger partial charge in [0, 0.05) is 10.6 Å². The van der Waals surface area contributed by atoms with Crippen LogP contribution in [-0.4, -0.2) is 24.4 Å². The average molecular weight is 364 g/mol. The summed E-state index contributed by atoms with van der Waals surface area (Å²) in [4.78, 5) is 13.5. The van der Waals surface area contributed by atoms with Crippen LogP contribution in [0.2, 0.25) is 0 Å². The highest BCUT2D eigenvalue weighted by atomic mass is 32.2.